The van der Waals surface area contributed by atoms with E-state index < -0.39 is 17.4 Å². The predicted octanol–water partition coefficient (Wildman–Crippen LogP) is 2.91. The van der Waals surface area contributed by atoms with Crippen LogP contribution >= 0.6 is 0 Å². The van der Waals surface area contributed by atoms with E-state index in [-0.39, 0.29) is 35.4 Å². The van der Waals surface area contributed by atoms with Gasteiger partial charge in [0.05, 0.1) is 12.1 Å². The lowest BCUT2D eigenvalue weighted by molar-refractivity contribution is -0.141. The number of carboxylic acids is 1. The second-order valence-corrected chi connectivity index (χ2v) is 9.78. The zero-order valence-electron chi connectivity index (χ0n) is 20.0. The van der Waals surface area contributed by atoms with Gasteiger partial charge in [-0.05, 0) is 44.7 Å². The molecule has 0 aromatic rings. The van der Waals surface area contributed by atoms with E-state index in [1.54, 1.807) is 18.0 Å². The average molecular weight is 424 g/mol. The van der Waals surface area contributed by atoms with Crippen LogP contribution in [0.1, 0.15) is 67.2 Å². The number of carbonyl (C=O) groups is 3. The van der Waals surface area contributed by atoms with Gasteiger partial charge in [0, 0.05) is 12.6 Å². The van der Waals surface area contributed by atoms with Crippen LogP contribution in [0.5, 0.6) is 0 Å². The van der Waals surface area contributed by atoms with Gasteiger partial charge in [0.15, 0.2) is 0 Å². The molecular weight excluding hydrogens is 382 g/mol. The van der Waals surface area contributed by atoms with Crippen molar-refractivity contribution < 1.29 is 19.5 Å². The van der Waals surface area contributed by atoms with Crippen molar-refractivity contribution in [1.82, 2.24) is 15.1 Å². The molecule has 7 nitrogen and oxygen atoms in total. The van der Waals surface area contributed by atoms with Crippen molar-refractivity contribution in [1.29, 1.82) is 0 Å². The molecule has 4 atom stereocenters. The van der Waals surface area contributed by atoms with Crippen LogP contribution < -0.4 is 5.32 Å². The monoisotopic (exact) mass is 423 g/mol. The van der Waals surface area contributed by atoms with E-state index in [0.717, 1.165) is 32.2 Å². The molecule has 7 heteroatoms. The molecule has 172 valence electrons. The van der Waals surface area contributed by atoms with Gasteiger partial charge in [-0.15, -0.1) is 0 Å². The quantitative estimate of drug-likeness (QED) is 0.586. The van der Waals surface area contributed by atoms with Crippen molar-refractivity contribution in [3.63, 3.8) is 0 Å². The van der Waals surface area contributed by atoms with Crippen molar-refractivity contribution in [3.05, 3.63) is 11.6 Å². The van der Waals surface area contributed by atoms with E-state index in [1.165, 1.54) is 6.92 Å². The van der Waals surface area contributed by atoms with Gasteiger partial charge in [-0.25, -0.2) is 4.79 Å². The fraction of sp³-hybridized carbons (Fsp3) is 0.783. The Morgan fingerprint density at radius 1 is 1.27 bits per heavy atom. The number of piperidine rings is 1. The van der Waals surface area contributed by atoms with E-state index in [2.05, 4.69) is 5.32 Å². The summed E-state index contributed by atoms with van der Waals surface area (Å²) in [5.74, 6) is -1.23. The summed E-state index contributed by atoms with van der Waals surface area (Å²) >= 11 is 0. The van der Waals surface area contributed by atoms with E-state index >= 15 is 0 Å². The highest BCUT2D eigenvalue weighted by Crippen LogP contribution is 2.25. The number of aliphatic carboxylic acids is 1. The van der Waals surface area contributed by atoms with Crippen molar-refractivity contribution in [2.45, 2.75) is 85.4 Å². The second-order valence-electron chi connectivity index (χ2n) is 9.78. The number of hydrogen-bond donors (Lipinski definition) is 2. The maximum atomic E-state index is 13.5. The van der Waals surface area contributed by atoms with Gasteiger partial charge in [0.1, 0.15) is 6.04 Å². The summed E-state index contributed by atoms with van der Waals surface area (Å²) in [5.41, 5.74) is -0.278. The Kier molecular flexibility index (Phi) is 9.53. The first kappa shape index (κ1) is 26.1. The van der Waals surface area contributed by atoms with Gasteiger partial charge in [0.25, 0.3) is 0 Å². The van der Waals surface area contributed by atoms with Crippen molar-refractivity contribution in [2.75, 3.05) is 20.6 Å². The minimum atomic E-state index is -0.995. The Balaban J connectivity index is 3.14. The molecular formula is C23H41N3O4. The van der Waals surface area contributed by atoms with Crippen molar-refractivity contribution >= 4 is 17.8 Å². The largest absolute Gasteiger partial charge is 0.478 e. The van der Waals surface area contributed by atoms with Crippen LogP contribution in [0, 0.1) is 11.3 Å². The Bertz CT molecular complexity index is 653. The highest BCUT2D eigenvalue weighted by atomic mass is 16.4. The summed E-state index contributed by atoms with van der Waals surface area (Å²) in [5, 5.41) is 12.3. The molecule has 30 heavy (non-hydrogen) atoms. The van der Waals surface area contributed by atoms with Crippen LogP contribution in [0.2, 0.25) is 0 Å². The lowest BCUT2D eigenvalue weighted by atomic mass is 9.84. The molecule has 0 aliphatic carbocycles. The van der Waals surface area contributed by atoms with Gasteiger partial charge in [-0.3, -0.25) is 14.5 Å². The van der Waals surface area contributed by atoms with Gasteiger partial charge in [-0.2, -0.15) is 0 Å². The molecule has 0 aromatic heterocycles. The fourth-order valence-electron chi connectivity index (χ4n) is 3.87. The number of carbonyl (C=O) groups excluding carboxylic acids is 2. The smallest absolute Gasteiger partial charge is 0.331 e. The van der Waals surface area contributed by atoms with Crippen LogP contribution in [0.4, 0.5) is 0 Å². The molecule has 2 amide bonds. The molecule has 2 N–H and O–H groups in total. The summed E-state index contributed by atoms with van der Waals surface area (Å²) in [7, 11) is 3.64. The number of nitrogens with zero attached hydrogens (tertiary/aromatic N) is 2. The topological polar surface area (TPSA) is 90.0 Å². The molecule has 0 spiro atoms. The number of amides is 2. The minimum absolute atomic E-state index is 0.0778. The van der Waals surface area contributed by atoms with E-state index in [9.17, 15) is 19.5 Å². The summed E-state index contributed by atoms with van der Waals surface area (Å²) in [6, 6.07) is -1.28. The van der Waals surface area contributed by atoms with E-state index in [0.29, 0.717) is 0 Å². The first-order valence-electron chi connectivity index (χ1n) is 11.0. The molecule has 1 saturated heterocycles. The van der Waals surface area contributed by atoms with Crippen molar-refractivity contribution in [3.8, 4) is 0 Å². The van der Waals surface area contributed by atoms with Gasteiger partial charge in [-0.1, -0.05) is 53.5 Å². The molecule has 0 bridgehead atoms. The summed E-state index contributed by atoms with van der Waals surface area (Å²) in [6.07, 6.45) is 5.32. The number of likely N-dealkylation sites (N-methyl/N-ethyl adjacent to an activating group) is 2. The second kappa shape index (κ2) is 10.9. The Morgan fingerprint density at radius 2 is 1.87 bits per heavy atom. The first-order chi connectivity index (χ1) is 13.8. The van der Waals surface area contributed by atoms with E-state index in [1.807, 2.05) is 46.6 Å². The first-order valence-corrected chi connectivity index (χ1v) is 11.0. The fourth-order valence-corrected chi connectivity index (χ4v) is 3.87. The van der Waals surface area contributed by atoms with Gasteiger partial charge < -0.3 is 15.3 Å². The van der Waals surface area contributed by atoms with Crippen LogP contribution in [0.25, 0.3) is 0 Å². The molecule has 1 aliphatic heterocycles. The third-order valence-electron chi connectivity index (χ3n) is 6.25. The maximum Gasteiger partial charge on any atom is 0.331 e. The number of nitrogens with one attached hydrogen (secondary N) is 1. The number of rotatable bonds is 8. The highest BCUT2D eigenvalue weighted by molar-refractivity contribution is 5.91. The lowest BCUT2D eigenvalue weighted by Gasteiger charge is -2.39. The van der Waals surface area contributed by atoms with Crippen LogP contribution in [0.3, 0.4) is 0 Å². The van der Waals surface area contributed by atoms with E-state index in [4.69, 9.17) is 0 Å². The Morgan fingerprint density at radius 3 is 2.33 bits per heavy atom. The Hall–Kier alpha value is -1.89. The SMILES string of the molecule is CCC(C)[C@@H](C=C(C)C(=O)O)N(C)C(=O)[C@@H](NC(=O)[C@H]1CCCCN1C)C(C)(C)C. The minimum Gasteiger partial charge on any atom is -0.478 e. The van der Waals surface area contributed by atoms with Gasteiger partial charge >= 0.3 is 5.97 Å². The Labute approximate surface area is 181 Å². The van der Waals surface area contributed by atoms with Crippen LogP contribution in [0.15, 0.2) is 11.6 Å². The summed E-state index contributed by atoms with van der Waals surface area (Å²) in [6.45, 7) is 12.2. The number of carboxylic acid groups (broad SMARTS) is 1. The number of likely N-dealkylation sites (tertiary alicyclic amines) is 1. The molecule has 0 saturated carbocycles. The zero-order valence-corrected chi connectivity index (χ0v) is 20.0. The third-order valence-corrected chi connectivity index (χ3v) is 6.25. The van der Waals surface area contributed by atoms with Crippen molar-refractivity contribution in [2.24, 2.45) is 11.3 Å². The molecule has 0 aromatic carbocycles. The van der Waals surface area contributed by atoms with Crippen LogP contribution in [-0.4, -0.2) is 71.5 Å². The van der Waals surface area contributed by atoms with Gasteiger partial charge in [0.2, 0.25) is 11.8 Å². The molecule has 1 aliphatic rings. The third kappa shape index (κ3) is 6.83. The molecule has 0 radical (unpaired) electrons. The summed E-state index contributed by atoms with van der Waals surface area (Å²) in [4.78, 5) is 41.5. The average Bonchev–Trinajstić information content (AvgIpc) is 2.67. The molecule has 1 unspecified atom stereocenters. The highest BCUT2D eigenvalue weighted by Gasteiger charge is 2.39. The zero-order chi connectivity index (χ0) is 23.2. The molecule has 1 rings (SSSR count). The van der Waals surface area contributed by atoms with Crippen LogP contribution in [-0.2, 0) is 14.4 Å². The normalized spacial score (nSPS) is 21.5. The summed E-state index contributed by atoms with van der Waals surface area (Å²) < 4.78 is 0. The lowest BCUT2D eigenvalue weighted by Crippen LogP contribution is -2.59. The predicted molar refractivity (Wildman–Crippen MR) is 119 cm³/mol. The molecule has 1 fully saturated rings. The molecule has 1 heterocycles. The maximum absolute atomic E-state index is 13.5. The standard InChI is InChI=1S/C23H41N3O4/c1-9-15(2)18(14-16(3)22(29)30)26(8)21(28)19(23(4,5)6)24-20(27)17-12-10-11-13-25(17)7/h14-15,17-19H,9-13H2,1-8H3,(H,24,27)(H,29,30)/t15?,17-,18-,19-/m1/s1. The number of hydrogen-bond acceptors (Lipinski definition) is 4.